The van der Waals surface area contributed by atoms with E-state index in [-0.39, 0.29) is 0 Å². The number of carbonyl (C=O) groups excluding carboxylic acids is 2. The maximum absolute atomic E-state index is 12.0. The molecule has 1 atom stereocenters. The molecular weight excluding hydrogens is 346 g/mol. The molecule has 6 heteroatoms. The number of nitrogens with one attached hydrogen (secondary N) is 2. The minimum atomic E-state index is -0.766. The quantitative estimate of drug-likeness (QED) is 0.764. The van der Waals surface area contributed by atoms with Crippen LogP contribution in [0.5, 0.6) is 0 Å². The molecule has 0 aliphatic carbocycles. The highest BCUT2D eigenvalue weighted by Crippen LogP contribution is 2.14. The van der Waals surface area contributed by atoms with E-state index in [0.29, 0.717) is 12.1 Å². The molecule has 0 heterocycles. The molecule has 114 valence electrons. The van der Waals surface area contributed by atoms with Crippen LogP contribution < -0.4 is 16.4 Å². The fourth-order valence-corrected chi connectivity index (χ4v) is 2.20. The Hall–Kier alpha value is -2.34. The number of nitrogens with two attached hydrogens (primary N) is 1. The standard InChI is InChI=1S/C16H16BrN3O2/c17-12-6-8-13(9-7-12)19-16(22)20-14(15(18)21)10-11-4-2-1-3-5-11/h1-9,14H,10H2,(H2,18,21)(H2,19,20,22). The molecule has 2 aromatic rings. The van der Waals surface area contributed by atoms with E-state index < -0.39 is 18.0 Å². The van der Waals surface area contributed by atoms with E-state index in [2.05, 4.69) is 26.6 Å². The van der Waals surface area contributed by atoms with E-state index in [0.717, 1.165) is 10.0 Å². The molecule has 0 aromatic heterocycles. The van der Waals surface area contributed by atoms with E-state index in [1.165, 1.54) is 0 Å². The SMILES string of the molecule is NC(=O)C(Cc1ccccc1)NC(=O)Nc1ccc(Br)cc1. The molecule has 4 N–H and O–H groups in total. The number of halogens is 1. The Morgan fingerprint density at radius 3 is 2.27 bits per heavy atom. The number of primary amides is 1. The molecule has 2 aromatic carbocycles. The lowest BCUT2D eigenvalue weighted by Crippen LogP contribution is -2.47. The summed E-state index contributed by atoms with van der Waals surface area (Å²) in [5, 5.41) is 5.25. The highest BCUT2D eigenvalue weighted by Gasteiger charge is 2.18. The lowest BCUT2D eigenvalue weighted by atomic mass is 10.1. The normalized spacial score (nSPS) is 11.5. The maximum Gasteiger partial charge on any atom is 0.319 e. The van der Waals surface area contributed by atoms with Gasteiger partial charge in [0, 0.05) is 16.6 Å². The second-order valence-corrected chi connectivity index (χ2v) is 5.67. The molecule has 0 bridgehead atoms. The van der Waals surface area contributed by atoms with Crippen molar-refractivity contribution in [3.8, 4) is 0 Å². The van der Waals surface area contributed by atoms with Gasteiger partial charge in [0.25, 0.3) is 0 Å². The summed E-state index contributed by atoms with van der Waals surface area (Å²) in [6.45, 7) is 0. The summed E-state index contributed by atoms with van der Waals surface area (Å²) in [7, 11) is 0. The van der Waals surface area contributed by atoms with Gasteiger partial charge in [-0.25, -0.2) is 4.79 Å². The lowest BCUT2D eigenvalue weighted by Gasteiger charge is -2.16. The number of hydrogen-bond acceptors (Lipinski definition) is 2. The van der Waals surface area contributed by atoms with Crippen molar-refractivity contribution >= 4 is 33.6 Å². The smallest absolute Gasteiger partial charge is 0.319 e. The Bertz CT molecular complexity index is 644. The van der Waals surface area contributed by atoms with Crippen LogP contribution in [0.15, 0.2) is 59.1 Å². The largest absolute Gasteiger partial charge is 0.368 e. The zero-order valence-corrected chi connectivity index (χ0v) is 13.3. The molecule has 0 radical (unpaired) electrons. The second-order valence-electron chi connectivity index (χ2n) is 4.75. The van der Waals surface area contributed by atoms with E-state index >= 15 is 0 Å². The van der Waals surface area contributed by atoms with Crippen molar-refractivity contribution < 1.29 is 9.59 Å². The third kappa shape index (κ3) is 4.89. The van der Waals surface area contributed by atoms with Gasteiger partial charge in [-0.2, -0.15) is 0 Å². The van der Waals surface area contributed by atoms with Crippen LogP contribution in [-0.4, -0.2) is 18.0 Å². The summed E-state index contributed by atoms with van der Waals surface area (Å²) in [6, 6.07) is 15.3. The average Bonchev–Trinajstić information content (AvgIpc) is 2.50. The Labute approximate surface area is 137 Å². The van der Waals surface area contributed by atoms with E-state index in [9.17, 15) is 9.59 Å². The maximum atomic E-state index is 12.0. The van der Waals surface area contributed by atoms with E-state index in [4.69, 9.17) is 5.73 Å². The summed E-state index contributed by atoms with van der Waals surface area (Å²) in [4.78, 5) is 23.5. The van der Waals surface area contributed by atoms with Crippen LogP contribution in [0.25, 0.3) is 0 Å². The number of carbonyl (C=O) groups is 2. The zero-order chi connectivity index (χ0) is 15.9. The summed E-state index contributed by atoms with van der Waals surface area (Å²) in [5.74, 6) is -0.574. The Morgan fingerprint density at radius 1 is 1.05 bits per heavy atom. The lowest BCUT2D eigenvalue weighted by molar-refractivity contribution is -0.119. The minimum Gasteiger partial charge on any atom is -0.368 e. The van der Waals surface area contributed by atoms with Crippen LogP contribution in [0.2, 0.25) is 0 Å². The number of rotatable bonds is 5. The van der Waals surface area contributed by atoms with Gasteiger partial charge in [-0.05, 0) is 29.8 Å². The number of anilines is 1. The molecule has 0 aliphatic rings. The Morgan fingerprint density at radius 2 is 1.68 bits per heavy atom. The van der Waals surface area contributed by atoms with Gasteiger partial charge in [-0.15, -0.1) is 0 Å². The molecule has 3 amide bonds. The third-order valence-corrected chi connectivity index (χ3v) is 3.56. The monoisotopic (exact) mass is 361 g/mol. The fourth-order valence-electron chi connectivity index (χ4n) is 1.93. The predicted octanol–water partition coefficient (Wildman–Crippen LogP) is 2.67. The molecule has 22 heavy (non-hydrogen) atoms. The first kappa shape index (κ1) is 16.0. The Balaban J connectivity index is 1.97. The number of amides is 3. The molecule has 1 unspecified atom stereocenters. The first-order valence-corrected chi connectivity index (χ1v) is 7.50. The summed E-state index contributed by atoms with van der Waals surface area (Å²) < 4.78 is 0.914. The van der Waals surface area contributed by atoms with Gasteiger partial charge in [0.2, 0.25) is 5.91 Å². The topological polar surface area (TPSA) is 84.2 Å². The van der Waals surface area contributed by atoms with Crippen LogP contribution in [0, 0.1) is 0 Å². The van der Waals surface area contributed by atoms with Crippen molar-refractivity contribution in [1.82, 2.24) is 5.32 Å². The van der Waals surface area contributed by atoms with Crippen molar-refractivity contribution in [2.24, 2.45) is 5.73 Å². The van der Waals surface area contributed by atoms with Gasteiger partial charge in [0.15, 0.2) is 0 Å². The highest BCUT2D eigenvalue weighted by molar-refractivity contribution is 9.10. The second kappa shape index (κ2) is 7.61. The summed E-state index contributed by atoms with van der Waals surface area (Å²) in [6.07, 6.45) is 0.351. The molecule has 2 rings (SSSR count). The molecular formula is C16H16BrN3O2. The van der Waals surface area contributed by atoms with Gasteiger partial charge >= 0.3 is 6.03 Å². The number of urea groups is 1. The van der Waals surface area contributed by atoms with Crippen molar-refractivity contribution in [3.05, 3.63) is 64.6 Å². The van der Waals surface area contributed by atoms with E-state index in [1.54, 1.807) is 12.1 Å². The van der Waals surface area contributed by atoms with Gasteiger partial charge < -0.3 is 16.4 Å². The summed E-state index contributed by atoms with van der Waals surface area (Å²) in [5.41, 5.74) is 6.91. The van der Waals surface area contributed by atoms with Gasteiger partial charge in [-0.1, -0.05) is 46.3 Å². The predicted molar refractivity (Wildman–Crippen MR) is 89.4 cm³/mol. The van der Waals surface area contributed by atoms with Gasteiger partial charge in [0.05, 0.1) is 0 Å². The van der Waals surface area contributed by atoms with Crippen LogP contribution >= 0.6 is 15.9 Å². The van der Waals surface area contributed by atoms with Crippen LogP contribution in [0.1, 0.15) is 5.56 Å². The average molecular weight is 362 g/mol. The summed E-state index contributed by atoms with van der Waals surface area (Å²) >= 11 is 3.32. The van der Waals surface area contributed by atoms with Gasteiger partial charge in [-0.3, -0.25) is 4.79 Å². The van der Waals surface area contributed by atoms with Crippen LogP contribution in [0.4, 0.5) is 10.5 Å². The van der Waals surface area contributed by atoms with Crippen LogP contribution in [-0.2, 0) is 11.2 Å². The molecule has 0 aliphatic heterocycles. The molecule has 0 saturated carbocycles. The van der Waals surface area contributed by atoms with Crippen molar-refractivity contribution in [1.29, 1.82) is 0 Å². The third-order valence-electron chi connectivity index (χ3n) is 3.03. The first-order valence-electron chi connectivity index (χ1n) is 6.71. The van der Waals surface area contributed by atoms with Crippen molar-refractivity contribution in [2.45, 2.75) is 12.5 Å². The molecule has 0 spiro atoms. The zero-order valence-electron chi connectivity index (χ0n) is 11.8. The molecule has 5 nitrogen and oxygen atoms in total. The van der Waals surface area contributed by atoms with Crippen LogP contribution in [0.3, 0.4) is 0 Å². The number of benzene rings is 2. The molecule has 0 fully saturated rings. The minimum absolute atomic E-state index is 0.351. The number of hydrogen-bond donors (Lipinski definition) is 3. The highest BCUT2D eigenvalue weighted by atomic mass is 79.9. The van der Waals surface area contributed by atoms with Gasteiger partial charge in [0.1, 0.15) is 6.04 Å². The first-order chi connectivity index (χ1) is 10.5. The van der Waals surface area contributed by atoms with Crippen molar-refractivity contribution in [3.63, 3.8) is 0 Å². The molecule has 0 saturated heterocycles. The van der Waals surface area contributed by atoms with Crippen molar-refractivity contribution in [2.75, 3.05) is 5.32 Å². The fraction of sp³-hybridized carbons (Fsp3) is 0.125. The Kier molecular flexibility index (Phi) is 5.55. The van der Waals surface area contributed by atoms with E-state index in [1.807, 2.05) is 42.5 Å².